The minimum absolute atomic E-state index is 0.391. The smallest absolute Gasteiger partial charge is 0.324 e. The van der Waals surface area contributed by atoms with Crippen LogP contribution in [0.3, 0.4) is 0 Å². The van der Waals surface area contributed by atoms with Crippen molar-refractivity contribution in [2.24, 2.45) is 5.92 Å². The molecule has 16 heavy (non-hydrogen) atoms. The van der Waals surface area contributed by atoms with Crippen molar-refractivity contribution < 1.29 is 9.90 Å². The van der Waals surface area contributed by atoms with Crippen molar-refractivity contribution in [3.05, 3.63) is 0 Å². The molecule has 2 saturated carbocycles. The van der Waals surface area contributed by atoms with Crippen LogP contribution in [0.25, 0.3) is 0 Å². The van der Waals surface area contributed by atoms with Gasteiger partial charge in [0.1, 0.15) is 5.54 Å². The summed E-state index contributed by atoms with van der Waals surface area (Å²) in [5.41, 5.74) is -0.587. The quantitative estimate of drug-likeness (QED) is 0.723. The van der Waals surface area contributed by atoms with Gasteiger partial charge in [0.25, 0.3) is 0 Å². The summed E-state index contributed by atoms with van der Waals surface area (Å²) in [4.78, 5) is 13.9. The molecule has 92 valence electrons. The summed E-state index contributed by atoms with van der Waals surface area (Å²) < 4.78 is 0. The highest BCUT2D eigenvalue weighted by atomic mass is 16.4. The van der Waals surface area contributed by atoms with Crippen LogP contribution in [0.15, 0.2) is 0 Å². The summed E-state index contributed by atoms with van der Waals surface area (Å²) in [5, 5.41) is 9.55. The largest absolute Gasteiger partial charge is 0.480 e. The summed E-state index contributed by atoms with van der Waals surface area (Å²) >= 11 is 0. The van der Waals surface area contributed by atoms with Gasteiger partial charge in [-0.1, -0.05) is 13.3 Å². The predicted octanol–water partition coefficient (Wildman–Crippen LogP) is 2.50. The monoisotopic (exact) mass is 225 g/mol. The number of hydrogen-bond donors (Lipinski definition) is 1. The molecule has 0 bridgehead atoms. The Bertz CT molecular complexity index is 271. The number of aliphatic carboxylic acids is 1. The number of carboxylic acid groups (broad SMARTS) is 1. The molecule has 1 N–H and O–H groups in total. The molecule has 0 aromatic carbocycles. The van der Waals surface area contributed by atoms with Crippen LogP contribution in [0.5, 0.6) is 0 Å². The topological polar surface area (TPSA) is 40.5 Å². The second kappa shape index (κ2) is 4.36. The Morgan fingerprint density at radius 1 is 1.38 bits per heavy atom. The van der Waals surface area contributed by atoms with Crippen molar-refractivity contribution in [1.29, 1.82) is 0 Å². The van der Waals surface area contributed by atoms with Gasteiger partial charge < -0.3 is 5.11 Å². The molecule has 0 radical (unpaired) electrons. The molecule has 0 aliphatic heterocycles. The molecule has 0 saturated heterocycles. The fourth-order valence-electron chi connectivity index (χ4n) is 2.69. The highest BCUT2D eigenvalue weighted by Gasteiger charge is 2.54. The van der Waals surface area contributed by atoms with Crippen molar-refractivity contribution in [2.75, 3.05) is 6.54 Å². The van der Waals surface area contributed by atoms with Gasteiger partial charge in [-0.2, -0.15) is 0 Å². The fourth-order valence-corrected chi connectivity index (χ4v) is 2.69. The molecule has 0 spiro atoms. The molecule has 0 aromatic heterocycles. The molecule has 3 heteroatoms. The van der Waals surface area contributed by atoms with E-state index >= 15 is 0 Å². The van der Waals surface area contributed by atoms with E-state index in [-0.39, 0.29) is 0 Å². The van der Waals surface area contributed by atoms with Gasteiger partial charge in [-0.15, -0.1) is 0 Å². The molecule has 1 unspecified atom stereocenters. The molecule has 1 atom stereocenters. The Morgan fingerprint density at radius 2 is 2.00 bits per heavy atom. The summed E-state index contributed by atoms with van der Waals surface area (Å²) in [7, 11) is 0. The molecule has 3 nitrogen and oxygen atoms in total. The van der Waals surface area contributed by atoms with Gasteiger partial charge in [0, 0.05) is 6.04 Å². The zero-order valence-corrected chi connectivity index (χ0v) is 10.4. The first-order valence-electron chi connectivity index (χ1n) is 6.60. The number of carbonyl (C=O) groups is 1. The van der Waals surface area contributed by atoms with E-state index in [1.165, 1.54) is 12.8 Å². The Morgan fingerprint density at radius 3 is 2.38 bits per heavy atom. The highest BCUT2D eigenvalue weighted by molar-refractivity contribution is 5.79. The van der Waals surface area contributed by atoms with Crippen molar-refractivity contribution in [3.63, 3.8) is 0 Å². The molecule has 0 heterocycles. The van der Waals surface area contributed by atoms with E-state index < -0.39 is 11.5 Å². The van der Waals surface area contributed by atoms with E-state index in [0.29, 0.717) is 12.0 Å². The lowest BCUT2D eigenvalue weighted by Crippen LogP contribution is -2.55. The van der Waals surface area contributed by atoms with Crippen molar-refractivity contribution in [3.8, 4) is 0 Å². The molecule has 2 aliphatic rings. The zero-order valence-electron chi connectivity index (χ0n) is 10.4. The molecule has 2 rings (SSSR count). The van der Waals surface area contributed by atoms with E-state index in [9.17, 15) is 9.90 Å². The first-order chi connectivity index (χ1) is 7.60. The highest BCUT2D eigenvalue weighted by Crippen LogP contribution is 2.47. The first kappa shape index (κ1) is 11.9. The van der Waals surface area contributed by atoms with Gasteiger partial charge in [0.2, 0.25) is 0 Å². The van der Waals surface area contributed by atoms with E-state index in [1.807, 2.05) is 6.92 Å². The van der Waals surface area contributed by atoms with Gasteiger partial charge >= 0.3 is 5.97 Å². The van der Waals surface area contributed by atoms with Gasteiger partial charge in [-0.05, 0) is 51.5 Å². The lowest BCUT2D eigenvalue weighted by Gasteiger charge is -2.38. The van der Waals surface area contributed by atoms with Crippen molar-refractivity contribution in [2.45, 2.75) is 64.0 Å². The minimum Gasteiger partial charge on any atom is -0.480 e. The second-order valence-corrected chi connectivity index (χ2v) is 5.51. The number of nitrogens with zero attached hydrogens (tertiary/aromatic N) is 1. The average molecular weight is 225 g/mol. The van der Waals surface area contributed by atoms with Crippen LogP contribution in [0.4, 0.5) is 0 Å². The van der Waals surface area contributed by atoms with Crippen molar-refractivity contribution >= 4 is 5.97 Å². The summed E-state index contributed by atoms with van der Waals surface area (Å²) in [5.74, 6) is -0.222. The summed E-state index contributed by atoms with van der Waals surface area (Å²) in [6.45, 7) is 5.07. The van der Waals surface area contributed by atoms with Gasteiger partial charge in [-0.25, -0.2) is 0 Å². The fraction of sp³-hybridized carbons (Fsp3) is 0.923. The first-order valence-corrected chi connectivity index (χ1v) is 6.60. The molecular formula is C13H23NO2. The Labute approximate surface area is 97.8 Å². The van der Waals surface area contributed by atoms with Crippen LogP contribution >= 0.6 is 0 Å². The third-order valence-corrected chi connectivity index (χ3v) is 4.14. The lowest BCUT2D eigenvalue weighted by atomic mass is 9.92. The summed E-state index contributed by atoms with van der Waals surface area (Å²) in [6, 6.07) is 0.549. The number of hydrogen-bond acceptors (Lipinski definition) is 2. The zero-order chi connectivity index (χ0) is 11.8. The van der Waals surface area contributed by atoms with Gasteiger partial charge in [-0.3, -0.25) is 9.69 Å². The number of unbranched alkanes of at least 4 members (excludes halogenated alkanes) is 1. The number of rotatable bonds is 7. The Kier molecular flexibility index (Phi) is 3.24. The predicted molar refractivity (Wildman–Crippen MR) is 63.4 cm³/mol. The van der Waals surface area contributed by atoms with Crippen LogP contribution in [-0.2, 0) is 4.79 Å². The SMILES string of the molecule is CCCCN(C1CC1)C(C)(C(=O)O)C1CC1. The van der Waals surface area contributed by atoms with Crippen LogP contribution in [0.2, 0.25) is 0 Å². The third-order valence-electron chi connectivity index (χ3n) is 4.14. The van der Waals surface area contributed by atoms with E-state index in [0.717, 1.165) is 32.2 Å². The maximum Gasteiger partial charge on any atom is 0.324 e. The second-order valence-electron chi connectivity index (χ2n) is 5.51. The maximum absolute atomic E-state index is 11.6. The maximum atomic E-state index is 11.6. The molecule has 2 aliphatic carbocycles. The van der Waals surface area contributed by atoms with Crippen LogP contribution in [0, 0.1) is 5.92 Å². The summed E-state index contributed by atoms with van der Waals surface area (Å²) in [6.07, 6.45) is 6.84. The standard InChI is InChI=1S/C13H23NO2/c1-3-4-9-14(11-7-8-11)13(2,12(15)16)10-5-6-10/h10-11H,3-9H2,1-2H3,(H,15,16). The molecule has 0 amide bonds. The Hall–Kier alpha value is -0.570. The lowest BCUT2D eigenvalue weighted by molar-refractivity contribution is -0.152. The Balaban J connectivity index is 2.10. The van der Waals surface area contributed by atoms with Crippen LogP contribution in [0.1, 0.15) is 52.4 Å². The van der Waals surface area contributed by atoms with E-state index in [1.54, 1.807) is 0 Å². The molecular weight excluding hydrogens is 202 g/mol. The molecule has 2 fully saturated rings. The average Bonchev–Trinajstić information content (AvgIpc) is 3.08. The normalized spacial score (nSPS) is 24.4. The van der Waals surface area contributed by atoms with E-state index in [4.69, 9.17) is 0 Å². The minimum atomic E-state index is -0.613. The van der Waals surface area contributed by atoms with Crippen molar-refractivity contribution in [1.82, 2.24) is 4.90 Å². The third kappa shape index (κ3) is 2.10. The number of carboxylic acids is 1. The van der Waals surface area contributed by atoms with Crippen LogP contribution < -0.4 is 0 Å². The van der Waals surface area contributed by atoms with E-state index in [2.05, 4.69) is 11.8 Å². The van der Waals surface area contributed by atoms with Gasteiger partial charge in [0.05, 0.1) is 0 Å². The van der Waals surface area contributed by atoms with Gasteiger partial charge in [0.15, 0.2) is 0 Å². The van der Waals surface area contributed by atoms with Crippen LogP contribution in [-0.4, -0.2) is 34.1 Å². The molecule has 0 aromatic rings.